The molecule has 0 spiro atoms. The molecule has 13 heavy (non-hydrogen) atoms. The molecule has 0 unspecified atom stereocenters. The van der Waals surface area contributed by atoms with Gasteiger partial charge in [-0.2, -0.15) is 5.10 Å². The van der Waals surface area contributed by atoms with E-state index in [0.717, 1.165) is 29.0 Å². The van der Waals surface area contributed by atoms with Gasteiger partial charge in [0.05, 0.1) is 15.9 Å². The third-order valence-corrected chi connectivity index (χ3v) is 3.22. The van der Waals surface area contributed by atoms with Gasteiger partial charge < -0.3 is 5.32 Å². The van der Waals surface area contributed by atoms with E-state index >= 15 is 0 Å². The van der Waals surface area contributed by atoms with Gasteiger partial charge >= 0.3 is 0 Å². The fourth-order valence-electron chi connectivity index (χ4n) is 1.37. The Morgan fingerprint density at radius 1 is 1.54 bits per heavy atom. The highest BCUT2D eigenvalue weighted by Gasteiger charge is 2.12. The van der Waals surface area contributed by atoms with Crippen molar-refractivity contribution < 1.29 is 0 Å². The van der Waals surface area contributed by atoms with Gasteiger partial charge in [0.15, 0.2) is 0 Å². The van der Waals surface area contributed by atoms with E-state index in [4.69, 9.17) is 0 Å². The van der Waals surface area contributed by atoms with Crippen LogP contribution in [-0.4, -0.2) is 22.9 Å². The van der Waals surface area contributed by atoms with Gasteiger partial charge in [-0.1, -0.05) is 0 Å². The maximum Gasteiger partial charge on any atom is 0.0752 e. The van der Waals surface area contributed by atoms with Crippen molar-refractivity contribution in [1.29, 1.82) is 0 Å². The molecule has 1 aliphatic rings. The summed E-state index contributed by atoms with van der Waals surface area (Å²) < 4.78 is 3.01. The Hall–Kier alpha value is -0.610. The van der Waals surface area contributed by atoms with E-state index in [-0.39, 0.29) is 0 Å². The van der Waals surface area contributed by atoms with E-state index in [0.29, 0.717) is 0 Å². The number of hydrogen-bond donors (Lipinski definition) is 1. The average molecular weight is 242 g/mol. The molecule has 1 fully saturated rings. The third kappa shape index (κ3) is 1.56. The Labute approximate surface area is 86.0 Å². The summed E-state index contributed by atoms with van der Waals surface area (Å²) in [5.74, 6) is 0. The Balaban J connectivity index is 2.38. The van der Waals surface area contributed by atoms with Crippen LogP contribution in [-0.2, 0) is 7.05 Å². The Morgan fingerprint density at radius 2 is 2.23 bits per heavy atom. The molecule has 1 aliphatic heterocycles. The molecule has 1 aromatic heterocycles. The smallest absolute Gasteiger partial charge is 0.0752 e. The van der Waals surface area contributed by atoms with Crippen LogP contribution in [0.25, 0.3) is 6.08 Å². The van der Waals surface area contributed by atoms with Crippen molar-refractivity contribution in [3.8, 4) is 0 Å². The molecular formula is C9H12BrN3. The maximum absolute atomic E-state index is 4.33. The summed E-state index contributed by atoms with van der Waals surface area (Å²) in [7, 11) is 1.97. The topological polar surface area (TPSA) is 29.9 Å². The summed E-state index contributed by atoms with van der Waals surface area (Å²) >= 11 is 3.53. The first-order chi connectivity index (χ1) is 6.18. The molecule has 2 rings (SSSR count). The average Bonchev–Trinajstić information content (AvgIpc) is 2.21. The predicted molar refractivity (Wildman–Crippen MR) is 56.5 cm³/mol. The van der Waals surface area contributed by atoms with Gasteiger partial charge in [-0.05, 0) is 34.5 Å². The molecule has 0 aliphatic carbocycles. The largest absolute Gasteiger partial charge is 0.309 e. The third-order valence-electron chi connectivity index (χ3n) is 2.24. The molecule has 4 heteroatoms. The van der Waals surface area contributed by atoms with Gasteiger partial charge in [0, 0.05) is 20.1 Å². The molecule has 0 saturated carbocycles. The van der Waals surface area contributed by atoms with E-state index in [1.165, 1.54) is 5.57 Å². The second-order valence-corrected chi connectivity index (χ2v) is 4.11. The Kier molecular flexibility index (Phi) is 2.26. The van der Waals surface area contributed by atoms with Crippen LogP contribution in [0.5, 0.6) is 0 Å². The van der Waals surface area contributed by atoms with Crippen LogP contribution in [0.1, 0.15) is 11.4 Å². The minimum absolute atomic E-state index is 1.01. The monoisotopic (exact) mass is 241 g/mol. The predicted octanol–water partition coefficient (Wildman–Crippen LogP) is 1.48. The van der Waals surface area contributed by atoms with Gasteiger partial charge in [0.1, 0.15) is 0 Å². The van der Waals surface area contributed by atoms with E-state index < -0.39 is 0 Å². The highest BCUT2D eigenvalue weighted by atomic mass is 79.9. The van der Waals surface area contributed by atoms with Crippen molar-refractivity contribution in [2.75, 3.05) is 13.1 Å². The minimum atomic E-state index is 1.01. The van der Waals surface area contributed by atoms with Gasteiger partial charge in [-0.15, -0.1) is 0 Å². The highest BCUT2D eigenvalue weighted by molar-refractivity contribution is 9.10. The molecule has 1 saturated heterocycles. The zero-order valence-electron chi connectivity index (χ0n) is 7.76. The lowest BCUT2D eigenvalue weighted by Gasteiger charge is -2.18. The quantitative estimate of drug-likeness (QED) is 0.808. The van der Waals surface area contributed by atoms with Crippen molar-refractivity contribution in [1.82, 2.24) is 15.1 Å². The van der Waals surface area contributed by atoms with Crippen molar-refractivity contribution in [3.63, 3.8) is 0 Å². The molecule has 0 aromatic carbocycles. The number of rotatable bonds is 1. The van der Waals surface area contributed by atoms with E-state index in [2.05, 4.69) is 32.4 Å². The molecule has 0 radical (unpaired) electrons. The van der Waals surface area contributed by atoms with Crippen LogP contribution in [0.2, 0.25) is 0 Å². The fraction of sp³-hybridized carbons (Fsp3) is 0.444. The minimum Gasteiger partial charge on any atom is -0.309 e. The number of nitrogens with one attached hydrogen (secondary N) is 1. The fourth-order valence-corrected chi connectivity index (χ4v) is 1.82. The van der Waals surface area contributed by atoms with Crippen molar-refractivity contribution in [2.45, 2.75) is 6.92 Å². The van der Waals surface area contributed by atoms with E-state index in [1.807, 2.05) is 18.7 Å². The van der Waals surface area contributed by atoms with Crippen molar-refractivity contribution in [2.24, 2.45) is 7.05 Å². The SMILES string of the molecule is Cc1nn(C)c(C=C2CNC2)c1Br. The van der Waals surface area contributed by atoms with Gasteiger partial charge in [-0.25, -0.2) is 0 Å². The number of halogens is 1. The molecule has 70 valence electrons. The van der Waals surface area contributed by atoms with Crippen LogP contribution in [0.3, 0.4) is 0 Å². The van der Waals surface area contributed by atoms with Crippen molar-refractivity contribution in [3.05, 3.63) is 21.4 Å². The van der Waals surface area contributed by atoms with Gasteiger partial charge in [0.2, 0.25) is 0 Å². The highest BCUT2D eigenvalue weighted by Crippen LogP contribution is 2.23. The normalized spacial score (nSPS) is 15.8. The number of nitrogens with zero attached hydrogens (tertiary/aromatic N) is 2. The maximum atomic E-state index is 4.33. The summed E-state index contributed by atoms with van der Waals surface area (Å²) in [6.07, 6.45) is 2.20. The summed E-state index contributed by atoms with van der Waals surface area (Å²) in [5.41, 5.74) is 3.64. The van der Waals surface area contributed by atoms with Crippen LogP contribution in [0.4, 0.5) is 0 Å². The molecule has 1 aromatic rings. The molecule has 2 heterocycles. The molecular weight excluding hydrogens is 230 g/mol. The Morgan fingerprint density at radius 3 is 2.62 bits per heavy atom. The molecule has 0 amide bonds. The van der Waals surface area contributed by atoms with Crippen LogP contribution in [0, 0.1) is 6.92 Å². The van der Waals surface area contributed by atoms with Gasteiger partial charge in [0.25, 0.3) is 0 Å². The lowest BCUT2D eigenvalue weighted by atomic mass is 10.1. The summed E-state index contributed by atoms with van der Waals surface area (Å²) in [4.78, 5) is 0. The first kappa shape index (κ1) is 8.97. The second kappa shape index (κ2) is 3.27. The first-order valence-corrected chi connectivity index (χ1v) is 5.07. The van der Waals surface area contributed by atoms with E-state index in [9.17, 15) is 0 Å². The number of hydrogen-bond acceptors (Lipinski definition) is 2. The first-order valence-electron chi connectivity index (χ1n) is 4.27. The molecule has 0 bridgehead atoms. The lowest BCUT2D eigenvalue weighted by molar-refractivity contribution is 0.671. The van der Waals surface area contributed by atoms with Gasteiger partial charge in [-0.3, -0.25) is 4.68 Å². The Bertz CT molecular complexity index is 359. The second-order valence-electron chi connectivity index (χ2n) is 3.31. The standard InChI is InChI=1S/C9H12BrN3/c1-6-9(10)8(13(2)12-6)3-7-4-11-5-7/h3,11H,4-5H2,1-2H3. The molecule has 0 atom stereocenters. The summed E-state index contributed by atoms with van der Waals surface area (Å²) in [6, 6.07) is 0. The van der Waals surface area contributed by atoms with Crippen LogP contribution >= 0.6 is 15.9 Å². The van der Waals surface area contributed by atoms with E-state index in [1.54, 1.807) is 0 Å². The zero-order valence-corrected chi connectivity index (χ0v) is 9.35. The number of aryl methyl sites for hydroxylation is 2. The number of aromatic nitrogens is 2. The van der Waals surface area contributed by atoms with Crippen LogP contribution < -0.4 is 5.32 Å². The lowest BCUT2D eigenvalue weighted by Crippen LogP contribution is -2.33. The molecule has 1 N–H and O–H groups in total. The van der Waals surface area contributed by atoms with Crippen molar-refractivity contribution >= 4 is 22.0 Å². The van der Waals surface area contributed by atoms with Crippen LogP contribution in [0.15, 0.2) is 10.0 Å². The summed E-state index contributed by atoms with van der Waals surface area (Å²) in [5, 5.41) is 7.54. The summed E-state index contributed by atoms with van der Waals surface area (Å²) in [6.45, 7) is 4.03. The molecule has 3 nitrogen and oxygen atoms in total. The zero-order chi connectivity index (χ0) is 9.42.